The first-order chi connectivity index (χ1) is 13.2. The lowest BCUT2D eigenvalue weighted by molar-refractivity contribution is 0.0928. The summed E-state index contributed by atoms with van der Waals surface area (Å²) >= 11 is 0. The molecular formula is C21H23N3O3. The zero-order valence-electron chi connectivity index (χ0n) is 15.4. The number of likely N-dealkylation sites (tertiary alicyclic amines) is 1. The van der Waals surface area contributed by atoms with Gasteiger partial charge in [-0.3, -0.25) is 9.69 Å². The van der Waals surface area contributed by atoms with Crippen LogP contribution in [0.3, 0.4) is 0 Å². The molecule has 1 saturated heterocycles. The maximum atomic E-state index is 12.7. The average molecular weight is 365 g/mol. The molecule has 140 valence electrons. The van der Waals surface area contributed by atoms with Crippen molar-refractivity contribution in [1.29, 1.82) is 0 Å². The second-order valence-electron chi connectivity index (χ2n) is 6.77. The van der Waals surface area contributed by atoms with Crippen LogP contribution in [0, 0.1) is 6.92 Å². The molecule has 1 aliphatic rings. The predicted molar refractivity (Wildman–Crippen MR) is 101 cm³/mol. The van der Waals surface area contributed by atoms with Crippen LogP contribution in [0.1, 0.15) is 40.9 Å². The molecular weight excluding hydrogens is 342 g/mol. The number of nitrogens with zero attached hydrogens (tertiary/aromatic N) is 2. The van der Waals surface area contributed by atoms with E-state index in [1.165, 1.54) is 12.8 Å². The molecule has 4 rings (SSSR count). The molecule has 3 heterocycles. The summed E-state index contributed by atoms with van der Waals surface area (Å²) in [6.07, 6.45) is 4.02. The van der Waals surface area contributed by atoms with Crippen molar-refractivity contribution < 1.29 is 13.6 Å². The van der Waals surface area contributed by atoms with E-state index in [0.29, 0.717) is 23.9 Å². The Morgan fingerprint density at radius 1 is 1.19 bits per heavy atom. The van der Waals surface area contributed by atoms with E-state index in [1.54, 1.807) is 13.2 Å². The van der Waals surface area contributed by atoms with Crippen molar-refractivity contribution in [3.63, 3.8) is 0 Å². The van der Waals surface area contributed by atoms with Crippen LogP contribution in [0.5, 0.6) is 0 Å². The molecule has 1 fully saturated rings. The molecule has 0 unspecified atom stereocenters. The molecule has 2 aromatic heterocycles. The van der Waals surface area contributed by atoms with Crippen LogP contribution in [0.25, 0.3) is 11.5 Å². The first-order valence-electron chi connectivity index (χ1n) is 9.31. The summed E-state index contributed by atoms with van der Waals surface area (Å²) < 4.78 is 11.3. The third-order valence-corrected chi connectivity index (χ3v) is 4.94. The number of benzene rings is 1. The van der Waals surface area contributed by atoms with E-state index in [2.05, 4.69) is 15.2 Å². The predicted octanol–water partition coefficient (Wildman–Crippen LogP) is 3.81. The molecule has 27 heavy (non-hydrogen) atoms. The van der Waals surface area contributed by atoms with Crippen molar-refractivity contribution in [2.24, 2.45) is 0 Å². The van der Waals surface area contributed by atoms with Crippen LogP contribution in [0.4, 0.5) is 0 Å². The van der Waals surface area contributed by atoms with Gasteiger partial charge in [-0.05, 0) is 57.1 Å². The van der Waals surface area contributed by atoms with Crippen molar-refractivity contribution in [2.45, 2.75) is 25.8 Å². The van der Waals surface area contributed by atoms with E-state index < -0.39 is 0 Å². The van der Waals surface area contributed by atoms with Gasteiger partial charge in [-0.15, -0.1) is 0 Å². The van der Waals surface area contributed by atoms with Gasteiger partial charge < -0.3 is 14.2 Å². The van der Waals surface area contributed by atoms with E-state index in [9.17, 15) is 4.79 Å². The Morgan fingerprint density at radius 2 is 1.96 bits per heavy atom. The number of amides is 1. The molecule has 1 atom stereocenters. The lowest BCUT2D eigenvalue weighted by atomic mass is 10.2. The summed E-state index contributed by atoms with van der Waals surface area (Å²) in [7, 11) is 0. The fraction of sp³-hybridized carbons (Fsp3) is 0.333. The van der Waals surface area contributed by atoms with Gasteiger partial charge in [0.15, 0.2) is 5.69 Å². The van der Waals surface area contributed by atoms with Crippen LogP contribution in [-0.4, -0.2) is 35.4 Å². The van der Waals surface area contributed by atoms with Crippen LogP contribution >= 0.6 is 0 Å². The molecule has 3 aromatic rings. The number of aryl methyl sites for hydroxylation is 1. The molecule has 0 bridgehead atoms. The molecule has 0 aliphatic carbocycles. The summed E-state index contributed by atoms with van der Waals surface area (Å²) in [6.45, 7) is 4.27. The van der Waals surface area contributed by atoms with Crippen LogP contribution in [0.15, 0.2) is 57.6 Å². The summed E-state index contributed by atoms with van der Waals surface area (Å²) in [5.41, 5.74) is 1.18. The Morgan fingerprint density at radius 3 is 2.67 bits per heavy atom. The quantitative estimate of drug-likeness (QED) is 0.719. The summed E-state index contributed by atoms with van der Waals surface area (Å²) in [6, 6.07) is 13.5. The molecule has 6 nitrogen and oxygen atoms in total. The first kappa shape index (κ1) is 17.5. The number of aromatic nitrogens is 1. The van der Waals surface area contributed by atoms with Gasteiger partial charge in [-0.2, -0.15) is 0 Å². The third-order valence-electron chi connectivity index (χ3n) is 4.94. The first-order valence-corrected chi connectivity index (χ1v) is 9.31. The van der Waals surface area contributed by atoms with Crippen molar-refractivity contribution in [3.05, 3.63) is 65.9 Å². The molecule has 0 spiro atoms. The third kappa shape index (κ3) is 3.80. The van der Waals surface area contributed by atoms with Gasteiger partial charge in [0.2, 0.25) is 5.89 Å². The SMILES string of the molecule is Cc1oc(-c2ccccc2)nc1C(=O)NC[C@H](c1ccco1)N1CCCC1. The minimum atomic E-state index is -0.228. The van der Waals surface area contributed by atoms with Gasteiger partial charge in [0, 0.05) is 12.1 Å². The fourth-order valence-electron chi connectivity index (χ4n) is 3.53. The summed E-state index contributed by atoms with van der Waals surface area (Å²) in [4.78, 5) is 19.5. The summed E-state index contributed by atoms with van der Waals surface area (Å²) in [5, 5.41) is 3.01. The normalized spacial score (nSPS) is 15.7. The maximum absolute atomic E-state index is 12.7. The van der Waals surface area contributed by atoms with E-state index in [-0.39, 0.29) is 11.9 Å². The molecule has 0 saturated carbocycles. The highest BCUT2D eigenvalue weighted by Gasteiger charge is 2.27. The Bertz CT molecular complexity index is 881. The topological polar surface area (TPSA) is 71.5 Å². The Labute approximate surface area is 158 Å². The number of nitrogens with one attached hydrogen (secondary N) is 1. The van der Waals surface area contributed by atoms with Crippen LogP contribution < -0.4 is 5.32 Å². The number of oxazole rings is 1. The zero-order valence-corrected chi connectivity index (χ0v) is 15.4. The van der Waals surface area contributed by atoms with Gasteiger partial charge in [0.05, 0.1) is 12.3 Å². The highest BCUT2D eigenvalue weighted by molar-refractivity contribution is 5.93. The van der Waals surface area contributed by atoms with E-state index >= 15 is 0 Å². The lowest BCUT2D eigenvalue weighted by Crippen LogP contribution is -2.36. The number of rotatable bonds is 6. The fourth-order valence-corrected chi connectivity index (χ4v) is 3.53. The van der Waals surface area contributed by atoms with Gasteiger partial charge in [0.25, 0.3) is 5.91 Å². The Hall–Kier alpha value is -2.86. The number of carbonyl (C=O) groups is 1. The van der Waals surface area contributed by atoms with Crippen LogP contribution in [0.2, 0.25) is 0 Å². The number of carbonyl (C=O) groups excluding carboxylic acids is 1. The zero-order chi connectivity index (χ0) is 18.6. The largest absolute Gasteiger partial charge is 0.468 e. The minimum Gasteiger partial charge on any atom is -0.468 e. The average Bonchev–Trinajstić information content (AvgIpc) is 3.45. The molecule has 1 amide bonds. The van der Waals surface area contributed by atoms with Crippen molar-refractivity contribution in [1.82, 2.24) is 15.2 Å². The smallest absolute Gasteiger partial charge is 0.273 e. The standard InChI is InChI=1S/C21H23N3O3/c1-15-19(23-21(27-15)16-8-3-2-4-9-16)20(25)22-14-17(18-10-7-13-26-18)24-11-5-6-12-24/h2-4,7-10,13,17H,5-6,11-12,14H2,1H3,(H,22,25)/t17-/m1/s1. The second kappa shape index (κ2) is 7.80. The minimum absolute atomic E-state index is 0.0345. The lowest BCUT2D eigenvalue weighted by Gasteiger charge is -2.25. The van der Waals surface area contributed by atoms with Gasteiger partial charge in [0.1, 0.15) is 11.5 Å². The monoisotopic (exact) mass is 365 g/mol. The van der Waals surface area contributed by atoms with Crippen molar-refractivity contribution in [2.75, 3.05) is 19.6 Å². The Kier molecular flexibility index (Phi) is 5.07. The van der Waals surface area contributed by atoms with Crippen molar-refractivity contribution in [3.8, 4) is 11.5 Å². The molecule has 1 aromatic carbocycles. The summed E-state index contributed by atoms with van der Waals surface area (Å²) in [5.74, 6) is 1.62. The number of hydrogen-bond donors (Lipinski definition) is 1. The molecule has 1 N–H and O–H groups in total. The van der Waals surface area contributed by atoms with Gasteiger partial charge in [-0.1, -0.05) is 18.2 Å². The molecule has 1 aliphatic heterocycles. The molecule has 6 heteroatoms. The highest BCUT2D eigenvalue weighted by Crippen LogP contribution is 2.25. The Balaban J connectivity index is 1.48. The van der Waals surface area contributed by atoms with Crippen LogP contribution in [-0.2, 0) is 0 Å². The van der Waals surface area contributed by atoms with E-state index in [4.69, 9.17) is 8.83 Å². The van der Waals surface area contributed by atoms with Gasteiger partial charge >= 0.3 is 0 Å². The maximum Gasteiger partial charge on any atom is 0.273 e. The number of furan rings is 1. The van der Waals surface area contributed by atoms with E-state index in [0.717, 1.165) is 24.4 Å². The second-order valence-corrected chi connectivity index (χ2v) is 6.77. The van der Waals surface area contributed by atoms with Crippen molar-refractivity contribution >= 4 is 5.91 Å². The van der Waals surface area contributed by atoms with E-state index in [1.807, 2.05) is 42.5 Å². The highest BCUT2D eigenvalue weighted by atomic mass is 16.4. The van der Waals surface area contributed by atoms with Gasteiger partial charge in [-0.25, -0.2) is 4.98 Å². The molecule has 0 radical (unpaired) electrons. The number of hydrogen-bond acceptors (Lipinski definition) is 5.